The van der Waals surface area contributed by atoms with Gasteiger partial charge in [0.2, 0.25) is 0 Å². The molecule has 96 valence electrons. The number of hydrogen-bond acceptors (Lipinski definition) is 4. The average molecular weight is 239 g/mol. The van der Waals surface area contributed by atoms with Gasteiger partial charge in [0, 0.05) is 38.5 Å². The van der Waals surface area contributed by atoms with E-state index in [1.54, 1.807) is 6.20 Å². The standard InChI is InChI=1S/C12H21N3O2/c1-15-11(3-6-14-15)4-8-17-12(9-13)5-2-7-16-10-12/h3,6H,2,4-5,7-10,13H2,1H3. The fourth-order valence-corrected chi connectivity index (χ4v) is 2.18. The van der Waals surface area contributed by atoms with E-state index in [0.717, 1.165) is 25.9 Å². The van der Waals surface area contributed by atoms with E-state index in [4.69, 9.17) is 15.2 Å². The second kappa shape index (κ2) is 5.62. The highest BCUT2D eigenvalue weighted by molar-refractivity contribution is 5.00. The van der Waals surface area contributed by atoms with Crippen LogP contribution in [0.3, 0.4) is 0 Å². The summed E-state index contributed by atoms with van der Waals surface area (Å²) in [6, 6.07) is 2.01. The molecule has 5 nitrogen and oxygen atoms in total. The Kier molecular flexibility index (Phi) is 4.15. The Balaban J connectivity index is 1.82. The molecule has 0 bridgehead atoms. The minimum absolute atomic E-state index is 0.267. The lowest BCUT2D eigenvalue weighted by Crippen LogP contribution is -2.48. The van der Waals surface area contributed by atoms with Crippen molar-refractivity contribution in [2.45, 2.75) is 24.9 Å². The summed E-state index contributed by atoms with van der Waals surface area (Å²) in [5.41, 5.74) is 6.71. The zero-order chi connectivity index (χ0) is 12.1. The van der Waals surface area contributed by atoms with Gasteiger partial charge in [-0.05, 0) is 18.9 Å². The van der Waals surface area contributed by atoms with Crippen molar-refractivity contribution in [2.24, 2.45) is 12.8 Å². The molecule has 2 heterocycles. The van der Waals surface area contributed by atoms with E-state index in [2.05, 4.69) is 5.10 Å². The molecule has 1 atom stereocenters. The maximum atomic E-state index is 5.96. The molecule has 0 spiro atoms. The smallest absolute Gasteiger partial charge is 0.104 e. The second-order valence-corrected chi connectivity index (χ2v) is 4.59. The van der Waals surface area contributed by atoms with Crippen molar-refractivity contribution in [3.63, 3.8) is 0 Å². The van der Waals surface area contributed by atoms with Crippen LogP contribution in [-0.4, -0.2) is 41.7 Å². The Morgan fingerprint density at radius 3 is 3.12 bits per heavy atom. The lowest BCUT2D eigenvalue weighted by Gasteiger charge is -2.35. The molecule has 0 aromatic carbocycles. The third kappa shape index (κ3) is 3.06. The first-order valence-corrected chi connectivity index (χ1v) is 6.14. The van der Waals surface area contributed by atoms with Crippen molar-refractivity contribution in [1.82, 2.24) is 9.78 Å². The summed E-state index contributed by atoms with van der Waals surface area (Å²) in [4.78, 5) is 0. The molecule has 17 heavy (non-hydrogen) atoms. The van der Waals surface area contributed by atoms with E-state index in [-0.39, 0.29) is 5.60 Å². The van der Waals surface area contributed by atoms with Gasteiger partial charge >= 0.3 is 0 Å². The molecule has 1 aliphatic rings. The van der Waals surface area contributed by atoms with Gasteiger partial charge in [0.1, 0.15) is 5.60 Å². The molecule has 0 radical (unpaired) electrons. The normalized spacial score (nSPS) is 25.1. The molecule has 1 saturated heterocycles. The van der Waals surface area contributed by atoms with Crippen LogP contribution in [0.1, 0.15) is 18.5 Å². The molecule has 2 N–H and O–H groups in total. The van der Waals surface area contributed by atoms with Crippen LogP contribution < -0.4 is 5.73 Å². The van der Waals surface area contributed by atoms with Gasteiger partial charge in [-0.25, -0.2) is 0 Å². The van der Waals surface area contributed by atoms with Gasteiger partial charge < -0.3 is 15.2 Å². The molecule has 1 unspecified atom stereocenters. The topological polar surface area (TPSA) is 62.3 Å². The van der Waals surface area contributed by atoms with Gasteiger partial charge in [-0.15, -0.1) is 0 Å². The van der Waals surface area contributed by atoms with Crippen molar-refractivity contribution in [3.05, 3.63) is 18.0 Å². The van der Waals surface area contributed by atoms with E-state index in [1.807, 2.05) is 17.8 Å². The largest absolute Gasteiger partial charge is 0.378 e. The van der Waals surface area contributed by atoms with Crippen LogP contribution >= 0.6 is 0 Å². The molecule has 1 aliphatic heterocycles. The van der Waals surface area contributed by atoms with Gasteiger partial charge in [0.05, 0.1) is 13.2 Å². The molecule has 1 aromatic heterocycles. The van der Waals surface area contributed by atoms with Crippen molar-refractivity contribution in [2.75, 3.05) is 26.4 Å². The summed E-state index contributed by atoms with van der Waals surface area (Å²) in [5, 5.41) is 4.13. The Morgan fingerprint density at radius 2 is 2.53 bits per heavy atom. The fraction of sp³-hybridized carbons (Fsp3) is 0.750. The second-order valence-electron chi connectivity index (χ2n) is 4.59. The van der Waals surface area contributed by atoms with Crippen molar-refractivity contribution in [3.8, 4) is 0 Å². The Labute approximate surface area is 102 Å². The van der Waals surface area contributed by atoms with Gasteiger partial charge in [0.15, 0.2) is 0 Å². The van der Waals surface area contributed by atoms with Crippen LogP contribution in [0.2, 0.25) is 0 Å². The number of nitrogens with two attached hydrogens (primary N) is 1. The molecule has 0 amide bonds. The number of ether oxygens (including phenoxy) is 2. The first-order valence-electron chi connectivity index (χ1n) is 6.14. The van der Waals surface area contributed by atoms with Crippen molar-refractivity contribution in [1.29, 1.82) is 0 Å². The molecule has 1 aromatic rings. The Morgan fingerprint density at radius 1 is 1.65 bits per heavy atom. The molecule has 2 rings (SSSR count). The minimum Gasteiger partial charge on any atom is -0.378 e. The maximum Gasteiger partial charge on any atom is 0.104 e. The van der Waals surface area contributed by atoms with E-state index in [0.29, 0.717) is 19.8 Å². The number of nitrogens with zero attached hydrogens (tertiary/aromatic N) is 2. The highest BCUT2D eigenvalue weighted by atomic mass is 16.5. The van der Waals surface area contributed by atoms with Crippen LogP contribution in [-0.2, 0) is 22.9 Å². The third-order valence-corrected chi connectivity index (χ3v) is 3.35. The fourth-order valence-electron chi connectivity index (χ4n) is 2.18. The van der Waals surface area contributed by atoms with Crippen molar-refractivity contribution < 1.29 is 9.47 Å². The number of aromatic nitrogens is 2. The molecule has 0 aliphatic carbocycles. The van der Waals surface area contributed by atoms with Gasteiger partial charge in [-0.2, -0.15) is 5.10 Å². The molecule has 1 fully saturated rings. The lowest BCUT2D eigenvalue weighted by molar-refractivity contribution is -0.122. The molecule has 5 heteroatoms. The summed E-state index contributed by atoms with van der Waals surface area (Å²) in [7, 11) is 1.94. The van der Waals surface area contributed by atoms with Crippen molar-refractivity contribution >= 4 is 0 Å². The predicted molar refractivity (Wildman–Crippen MR) is 64.7 cm³/mol. The lowest BCUT2D eigenvalue weighted by atomic mass is 9.96. The van der Waals surface area contributed by atoms with Crippen LogP contribution in [0.25, 0.3) is 0 Å². The van der Waals surface area contributed by atoms with Crippen LogP contribution in [0.15, 0.2) is 12.3 Å². The van der Waals surface area contributed by atoms with E-state index in [9.17, 15) is 0 Å². The average Bonchev–Trinajstić information content (AvgIpc) is 2.76. The number of hydrogen-bond donors (Lipinski definition) is 1. The number of rotatable bonds is 5. The quantitative estimate of drug-likeness (QED) is 0.812. The number of aryl methyl sites for hydroxylation is 1. The third-order valence-electron chi connectivity index (χ3n) is 3.35. The van der Waals surface area contributed by atoms with Crippen LogP contribution in [0.4, 0.5) is 0 Å². The molecular formula is C12H21N3O2. The highest BCUT2D eigenvalue weighted by Gasteiger charge is 2.32. The first-order chi connectivity index (χ1) is 8.26. The summed E-state index contributed by atoms with van der Waals surface area (Å²) in [6.45, 7) is 2.64. The summed E-state index contributed by atoms with van der Waals surface area (Å²) < 4.78 is 13.3. The van der Waals surface area contributed by atoms with Gasteiger partial charge in [0.25, 0.3) is 0 Å². The Hall–Kier alpha value is -0.910. The maximum absolute atomic E-state index is 5.96. The monoisotopic (exact) mass is 239 g/mol. The SMILES string of the molecule is Cn1nccc1CCOC1(CN)CCCOC1. The van der Waals surface area contributed by atoms with Crippen LogP contribution in [0.5, 0.6) is 0 Å². The Bertz CT molecular complexity index is 345. The highest BCUT2D eigenvalue weighted by Crippen LogP contribution is 2.22. The summed E-state index contributed by atoms with van der Waals surface area (Å²) in [6.07, 6.45) is 4.69. The summed E-state index contributed by atoms with van der Waals surface area (Å²) in [5.74, 6) is 0. The van der Waals surface area contributed by atoms with Gasteiger partial charge in [-0.1, -0.05) is 0 Å². The van der Waals surface area contributed by atoms with E-state index < -0.39 is 0 Å². The molecular weight excluding hydrogens is 218 g/mol. The van der Waals surface area contributed by atoms with E-state index in [1.165, 1.54) is 5.69 Å². The first kappa shape index (κ1) is 12.5. The predicted octanol–water partition coefficient (Wildman–Crippen LogP) is 0.487. The van der Waals surface area contributed by atoms with Crippen LogP contribution in [0, 0.1) is 0 Å². The minimum atomic E-state index is -0.267. The zero-order valence-corrected chi connectivity index (χ0v) is 10.4. The van der Waals surface area contributed by atoms with E-state index >= 15 is 0 Å². The zero-order valence-electron chi connectivity index (χ0n) is 10.4. The van der Waals surface area contributed by atoms with Gasteiger partial charge in [-0.3, -0.25) is 4.68 Å². The summed E-state index contributed by atoms with van der Waals surface area (Å²) >= 11 is 0. The molecule has 0 saturated carbocycles.